The van der Waals surface area contributed by atoms with Gasteiger partial charge in [0.05, 0.1) is 14.2 Å². The third-order valence-electron chi connectivity index (χ3n) is 2.37. The van der Waals surface area contributed by atoms with Gasteiger partial charge in [-0.15, -0.1) is 0 Å². The number of allylic oxidation sites excluding steroid dienone is 1. The van der Waals surface area contributed by atoms with Gasteiger partial charge in [0.15, 0.2) is 0 Å². The molecule has 0 aliphatic rings. The van der Waals surface area contributed by atoms with E-state index in [2.05, 4.69) is 10.1 Å². The van der Waals surface area contributed by atoms with E-state index in [4.69, 9.17) is 4.74 Å². The van der Waals surface area contributed by atoms with Crippen molar-refractivity contribution in [2.75, 3.05) is 19.5 Å². The van der Waals surface area contributed by atoms with Crippen LogP contribution in [-0.2, 0) is 9.53 Å². The van der Waals surface area contributed by atoms with Crippen molar-refractivity contribution in [3.8, 4) is 5.75 Å². The summed E-state index contributed by atoms with van der Waals surface area (Å²) in [5.41, 5.74) is 2.61. The summed E-state index contributed by atoms with van der Waals surface area (Å²) in [7, 11) is 2.98. The Labute approximate surface area is 101 Å². The Kier molecular flexibility index (Phi) is 4.57. The number of nitrogens with one attached hydrogen (secondary N) is 1. The van der Waals surface area contributed by atoms with Gasteiger partial charge in [-0.1, -0.05) is 6.07 Å². The fraction of sp³-hybridized carbons (Fsp3) is 0.308. The number of anilines is 1. The molecule has 0 atom stereocenters. The van der Waals surface area contributed by atoms with Gasteiger partial charge in [0.2, 0.25) is 0 Å². The van der Waals surface area contributed by atoms with E-state index in [-0.39, 0.29) is 5.97 Å². The van der Waals surface area contributed by atoms with Crippen LogP contribution in [0, 0.1) is 6.92 Å². The molecule has 0 amide bonds. The van der Waals surface area contributed by atoms with Crippen molar-refractivity contribution >= 4 is 11.7 Å². The molecule has 0 heterocycles. The molecule has 0 fully saturated rings. The van der Waals surface area contributed by atoms with Crippen molar-refractivity contribution < 1.29 is 14.3 Å². The highest BCUT2D eigenvalue weighted by atomic mass is 16.5. The molecule has 0 aliphatic carbocycles. The number of carbonyl (C=O) groups excluding carboxylic acids is 1. The number of hydrogen-bond donors (Lipinski definition) is 1. The average Bonchev–Trinajstić information content (AvgIpc) is 2.31. The number of benzene rings is 1. The summed E-state index contributed by atoms with van der Waals surface area (Å²) in [6.07, 6.45) is 1.40. The predicted molar refractivity (Wildman–Crippen MR) is 67.1 cm³/mol. The summed E-state index contributed by atoms with van der Waals surface area (Å²) >= 11 is 0. The van der Waals surface area contributed by atoms with Crippen molar-refractivity contribution in [3.05, 3.63) is 35.5 Å². The zero-order valence-corrected chi connectivity index (χ0v) is 10.5. The lowest BCUT2D eigenvalue weighted by Crippen LogP contribution is -2.03. The molecule has 0 aromatic heterocycles. The van der Waals surface area contributed by atoms with Crippen LogP contribution in [0.4, 0.5) is 5.69 Å². The molecule has 17 heavy (non-hydrogen) atoms. The first-order valence-electron chi connectivity index (χ1n) is 5.25. The Morgan fingerprint density at radius 1 is 1.35 bits per heavy atom. The van der Waals surface area contributed by atoms with Crippen LogP contribution < -0.4 is 10.1 Å². The van der Waals surface area contributed by atoms with E-state index in [0.717, 1.165) is 17.0 Å². The molecule has 0 unspecified atom stereocenters. The second-order valence-corrected chi connectivity index (χ2v) is 3.61. The van der Waals surface area contributed by atoms with E-state index in [1.165, 1.54) is 13.2 Å². The van der Waals surface area contributed by atoms with Gasteiger partial charge in [0.25, 0.3) is 0 Å². The molecule has 92 valence electrons. The van der Waals surface area contributed by atoms with E-state index in [0.29, 0.717) is 5.70 Å². The summed E-state index contributed by atoms with van der Waals surface area (Å²) in [6.45, 7) is 3.75. The van der Waals surface area contributed by atoms with Crippen LogP contribution in [0.5, 0.6) is 5.75 Å². The highest BCUT2D eigenvalue weighted by Crippen LogP contribution is 2.25. The van der Waals surface area contributed by atoms with Crippen LogP contribution in [0.1, 0.15) is 12.5 Å². The molecule has 0 radical (unpaired) electrons. The number of esters is 1. The van der Waals surface area contributed by atoms with E-state index >= 15 is 0 Å². The second kappa shape index (κ2) is 5.94. The Bertz CT molecular complexity index is 438. The Hall–Kier alpha value is -1.97. The van der Waals surface area contributed by atoms with Crippen molar-refractivity contribution in [2.45, 2.75) is 13.8 Å². The van der Waals surface area contributed by atoms with Crippen LogP contribution in [0.2, 0.25) is 0 Å². The molecule has 1 aromatic carbocycles. The van der Waals surface area contributed by atoms with Crippen LogP contribution in [0.15, 0.2) is 30.0 Å². The van der Waals surface area contributed by atoms with Gasteiger partial charge in [0, 0.05) is 23.0 Å². The van der Waals surface area contributed by atoms with Crippen LogP contribution in [0.25, 0.3) is 0 Å². The van der Waals surface area contributed by atoms with Gasteiger partial charge < -0.3 is 14.8 Å². The SMILES string of the molecule is COC(=O)/C=C(\C)Nc1cccc(OC)c1C. The Morgan fingerprint density at radius 3 is 2.65 bits per heavy atom. The summed E-state index contributed by atoms with van der Waals surface area (Å²) in [6, 6.07) is 5.70. The number of rotatable bonds is 4. The molecule has 1 N–H and O–H groups in total. The third kappa shape index (κ3) is 3.52. The lowest BCUT2D eigenvalue weighted by molar-refractivity contribution is -0.134. The highest BCUT2D eigenvalue weighted by molar-refractivity contribution is 5.83. The maximum absolute atomic E-state index is 11.1. The van der Waals surface area contributed by atoms with Crippen molar-refractivity contribution in [3.63, 3.8) is 0 Å². The van der Waals surface area contributed by atoms with E-state index in [1.807, 2.05) is 25.1 Å². The first-order chi connectivity index (χ1) is 8.08. The van der Waals surface area contributed by atoms with Crippen LogP contribution >= 0.6 is 0 Å². The molecule has 0 aliphatic heterocycles. The molecule has 0 saturated heterocycles. The minimum Gasteiger partial charge on any atom is -0.496 e. The number of hydrogen-bond acceptors (Lipinski definition) is 4. The third-order valence-corrected chi connectivity index (χ3v) is 2.37. The molecule has 1 rings (SSSR count). The Morgan fingerprint density at radius 2 is 2.06 bits per heavy atom. The maximum atomic E-state index is 11.1. The monoisotopic (exact) mass is 235 g/mol. The number of methoxy groups -OCH3 is 2. The minimum atomic E-state index is -0.379. The van der Waals surface area contributed by atoms with Gasteiger partial charge in [-0.05, 0) is 26.0 Å². The van der Waals surface area contributed by atoms with Gasteiger partial charge in [0.1, 0.15) is 5.75 Å². The summed E-state index contributed by atoms with van der Waals surface area (Å²) < 4.78 is 9.77. The standard InChI is InChI=1S/C13H17NO3/c1-9(8-13(15)17-4)14-11-6-5-7-12(16-3)10(11)2/h5-8,14H,1-4H3/b9-8+. The summed E-state index contributed by atoms with van der Waals surface area (Å²) in [5.74, 6) is 0.427. The maximum Gasteiger partial charge on any atom is 0.332 e. The van der Waals surface area contributed by atoms with E-state index in [1.54, 1.807) is 14.0 Å². The minimum absolute atomic E-state index is 0.379. The van der Waals surface area contributed by atoms with Crippen molar-refractivity contribution in [1.29, 1.82) is 0 Å². The lowest BCUT2D eigenvalue weighted by Gasteiger charge is -2.12. The lowest BCUT2D eigenvalue weighted by atomic mass is 10.1. The van der Waals surface area contributed by atoms with Gasteiger partial charge >= 0.3 is 5.97 Å². The first-order valence-corrected chi connectivity index (χ1v) is 5.25. The van der Waals surface area contributed by atoms with Gasteiger partial charge in [-0.3, -0.25) is 0 Å². The molecule has 4 nitrogen and oxygen atoms in total. The second-order valence-electron chi connectivity index (χ2n) is 3.61. The summed E-state index contributed by atoms with van der Waals surface area (Å²) in [4.78, 5) is 11.1. The van der Waals surface area contributed by atoms with E-state index in [9.17, 15) is 4.79 Å². The van der Waals surface area contributed by atoms with E-state index < -0.39 is 0 Å². The van der Waals surface area contributed by atoms with Crippen LogP contribution in [0.3, 0.4) is 0 Å². The average molecular weight is 235 g/mol. The molecular weight excluding hydrogens is 218 g/mol. The zero-order chi connectivity index (χ0) is 12.8. The van der Waals surface area contributed by atoms with Crippen molar-refractivity contribution in [1.82, 2.24) is 0 Å². The predicted octanol–water partition coefficient (Wildman–Crippen LogP) is 2.49. The molecule has 1 aromatic rings. The normalized spacial score (nSPS) is 10.9. The smallest absolute Gasteiger partial charge is 0.332 e. The Balaban J connectivity index is 2.89. The van der Waals surface area contributed by atoms with Crippen molar-refractivity contribution in [2.24, 2.45) is 0 Å². The zero-order valence-electron chi connectivity index (χ0n) is 10.5. The van der Waals surface area contributed by atoms with Gasteiger partial charge in [-0.2, -0.15) is 0 Å². The fourth-order valence-electron chi connectivity index (χ4n) is 1.46. The molecule has 0 bridgehead atoms. The van der Waals surface area contributed by atoms with Crippen LogP contribution in [-0.4, -0.2) is 20.2 Å². The fourth-order valence-corrected chi connectivity index (χ4v) is 1.46. The van der Waals surface area contributed by atoms with Gasteiger partial charge in [-0.25, -0.2) is 4.79 Å². The molecule has 0 saturated carbocycles. The highest BCUT2D eigenvalue weighted by Gasteiger charge is 2.04. The molecular formula is C13H17NO3. The largest absolute Gasteiger partial charge is 0.496 e. The summed E-state index contributed by atoms with van der Waals surface area (Å²) in [5, 5.41) is 3.13. The topological polar surface area (TPSA) is 47.6 Å². The molecule has 4 heteroatoms. The number of ether oxygens (including phenoxy) is 2. The molecule has 0 spiro atoms. The first kappa shape index (κ1) is 13.1. The quantitative estimate of drug-likeness (QED) is 0.643. The number of carbonyl (C=O) groups is 1.